The Kier molecular flexibility index (Phi) is 12.9. The van der Waals surface area contributed by atoms with Crippen LogP contribution in [0.25, 0.3) is 0 Å². The van der Waals surface area contributed by atoms with Crippen LogP contribution in [0.4, 0.5) is 0 Å². The van der Waals surface area contributed by atoms with Crippen molar-refractivity contribution in [2.24, 2.45) is 0 Å². The molecule has 0 aliphatic heterocycles. The zero-order valence-electron chi connectivity index (χ0n) is 7.83. The van der Waals surface area contributed by atoms with Gasteiger partial charge in [0.15, 0.2) is 0 Å². The van der Waals surface area contributed by atoms with Gasteiger partial charge in [-0.2, -0.15) is 0 Å². The molecule has 2 radical (unpaired) electrons. The van der Waals surface area contributed by atoms with Gasteiger partial charge in [0.25, 0.3) is 0 Å². The maximum absolute atomic E-state index is 9.60. The number of hydrogen-bond donors (Lipinski definition) is 2. The monoisotopic (exact) mass is 196 g/mol. The molecule has 0 aromatic heterocycles. The van der Waals surface area contributed by atoms with Gasteiger partial charge in [-0.1, -0.05) is 13.2 Å². The number of carboxylic acid groups (broad SMARTS) is 2. The molecular weight excluding hydrogens is 184 g/mol. The van der Waals surface area contributed by atoms with E-state index in [-0.39, 0.29) is 34.2 Å². The quantitative estimate of drug-likeness (QED) is 0.509. The van der Waals surface area contributed by atoms with Gasteiger partial charge in [-0.3, -0.25) is 0 Å². The minimum atomic E-state index is -0.935. The van der Waals surface area contributed by atoms with Crippen molar-refractivity contribution in [2.75, 3.05) is 0 Å². The third kappa shape index (κ3) is 18.3. The van der Waals surface area contributed by atoms with E-state index in [1.807, 2.05) is 0 Å². The summed E-state index contributed by atoms with van der Waals surface area (Å²) in [4.78, 5) is 19.2. The molecule has 13 heavy (non-hydrogen) atoms. The molecule has 0 rings (SSSR count). The zero-order valence-corrected chi connectivity index (χ0v) is 9.25. The van der Waals surface area contributed by atoms with Crippen LogP contribution < -0.4 is 0 Å². The summed E-state index contributed by atoms with van der Waals surface area (Å²) in [7, 11) is 0. The smallest absolute Gasteiger partial charge is 0.330 e. The van der Waals surface area contributed by atoms with E-state index in [9.17, 15) is 9.59 Å². The van der Waals surface area contributed by atoms with Crippen LogP contribution in [0, 0.1) is 0 Å². The van der Waals surface area contributed by atoms with E-state index in [2.05, 4.69) is 13.2 Å². The van der Waals surface area contributed by atoms with E-state index >= 15 is 0 Å². The molecule has 70 valence electrons. The largest absolute Gasteiger partial charge is 0.478 e. The van der Waals surface area contributed by atoms with E-state index in [1.165, 1.54) is 13.8 Å². The van der Waals surface area contributed by atoms with Crippen molar-refractivity contribution in [1.29, 1.82) is 0 Å². The highest BCUT2D eigenvalue weighted by molar-refractivity contribution is 5.85. The maximum Gasteiger partial charge on any atom is 0.330 e. The van der Waals surface area contributed by atoms with Crippen LogP contribution in [-0.4, -0.2) is 45.2 Å². The highest BCUT2D eigenvalue weighted by atomic mass is 24.3. The summed E-state index contributed by atoms with van der Waals surface area (Å²) in [5, 5.41) is 15.8. The molecular formula is C8H12MgO4. The highest BCUT2D eigenvalue weighted by Gasteiger charge is 1.90. The van der Waals surface area contributed by atoms with Crippen molar-refractivity contribution in [2.45, 2.75) is 13.8 Å². The average Bonchev–Trinajstić information content (AvgIpc) is 1.88. The lowest BCUT2D eigenvalue weighted by atomic mass is 10.4. The minimum absolute atomic E-state index is 0. The Bertz CT molecular complexity index is 172. The van der Waals surface area contributed by atoms with Gasteiger partial charge < -0.3 is 10.2 Å². The Balaban J connectivity index is -0.000000143. The lowest BCUT2D eigenvalue weighted by Gasteiger charge is -1.79. The fourth-order valence-corrected chi connectivity index (χ4v) is 0. The lowest BCUT2D eigenvalue weighted by Crippen LogP contribution is -1.92. The van der Waals surface area contributed by atoms with Crippen LogP contribution >= 0.6 is 0 Å². The van der Waals surface area contributed by atoms with Crippen molar-refractivity contribution in [3.05, 3.63) is 24.3 Å². The lowest BCUT2D eigenvalue weighted by molar-refractivity contribution is -0.133. The predicted octanol–water partition coefficient (Wildman–Crippen LogP) is 0.913. The van der Waals surface area contributed by atoms with E-state index in [1.54, 1.807) is 0 Å². The molecule has 0 aromatic carbocycles. The van der Waals surface area contributed by atoms with E-state index in [0.29, 0.717) is 0 Å². The van der Waals surface area contributed by atoms with Crippen LogP contribution in [0.2, 0.25) is 0 Å². The third-order valence-corrected chi connectivity index (χ3v) is 0.730. The first-order valence-corrected chi connectivity index (χ1v) is 3.06. The Morgan fingerprint density at radius 2 is 1.00 bits per heavy atom. The number of aliphatic carboxylic acids is 2. The third-order valence-electron chi connectivity index (χ3n) is 0.730. The summed E-state index contributed by atoms with van der Waals surface area (Å²) in [6.07, 6.45) is 0. The topological polar surface area (TPSA) is 74.6 Å². The molecule has 5 heteroatoms. The molecule has 0 spiro atoms. The first-order valence-electron chi connectivity index (χ1n) is 3.06. The number of carboxylic acids is 2. The molecule has 0 saturated carbocycles. The Morgan fingerprint density at radius 3 is 1.00 bits per heavy atom. The number of rotatable bonds is 2. The minimum Gasteiger partial charge on any atom is -0.478 e. The average molecular weight is 196 g/mol. The summed E-state index contributed by atoms with van der Waals surface area (Å²) in [5.41, 5.74) is 0.352. The Hall–Kier alpha value is -0.814. The molecule has 0 bridgehead atoms. The summed E-state index contributed by atoms with van der Waals surface area (Å²) >= 11 is 0. The summed E-state index contributed by atoms with van der Waals surface area (Å²) in [6.45, 7) is 9.20. The van der Waals surface area contributed by atoms with Crippen molar-refractivity contribution in [1.82, 2.24) is 0 Å². The SMILES string of the molecule is C=C(C)C(=O)O.C=C(C)C(=O)O.[Mg]. The molecule has 0 amide bonds. The zero-order chi connectivity index (χ0) is 10.3. The van der Waals surface area contributed by atoms with Crippen LogP contribution in [0.15, 0.2) is 24.3 Å². The molecule has 0 aliphatic carbocycles. The summed E-state index contributed by atoms with van der Waals surface area (Å²) in [6, 6.07) is 0. The van der Waals surface area contributed by atoms with Gasteiger partial charge in [-0.25, -0.2) is 9.59 Å². The predicted molar refractivity (Wildman–Crippen MR) is 50.7 cm³/mol. The summed E-state index contributed by atoms with van der Waals surface area (Å²) < 4.78 is 0. The molecule has 0 unspecified atom stereocenters. The van der Waals surface area contributed by atoms with Crippen molar-refractivity contribution in [3.63, 3.8) is 0 Å². The van der Waals surface area contributed by atoms with E-state index < -0.39 is 11.9 Å². The molecule has 0 heterocycles. The normalized spacial score (nSPS) is 6.92. The number of carbonyl (C=O) groups is 2. The fraction of sp³-hybridized carbons (Fsp3) is 0.250. The van der Waals surface area contributed by atoms with Gasteiger partial charge in [0, 0.05) is 34.2 Å². The molecule has 0 aromatic rings. The highest BCUT2D eigenvalue weighted by Crippen LogP contribution is 1.81. The van der Waals surface area contributed by atoms with Crippen molar-refractivity contribution < 1.29 is 19.8 Å². The standard InChI is InChI=1S/2C4H6O2.Mg/c2*1-3(2)4(5)6;/h2*1H2,2H3,(H,5,6);. The van der Waals surface area contributed by atoms with Gasteiger partial charge in [0.05, 0.1) is 0 Å². The Morgan fingerprint density at radius 1 is 0.923 bits per heavy atom. The van der Waals surface area contributed by atoms with Crippen molar-refractivity contribution >= 4 is 35.0 Å². The van der Waals surface area contributed by atoms with E-state index in [0.717, 1.165) is 0 Å². The molecule has 0 saturated heterocycles. The number of hydrogen-bond acceptors (Lipinski definition) is 2. The second kappa shape index (κ2) is 9.28. The Labute approximate surface area is 93.1 Å². The van der Waals surface area contributed by atoms with Gasteiger partial charge in [0.1, 0.15) is 0 Å². The first kappa shape index (κ1) is 18.1. The molecule has 0 atom stereocenters. The first-order chi connectivity index (χ1) is 5.29. The second-order valence-corrected chi connectivity index (χ2v) is 2.17. The van der Waals surface area contributed by atoms with E-state index in [4.69, 9.17) is 10.2 Å². The molecule has 2 N–H and O–H groups in total. The van der Waals surface area contributed by atoms with Crippen LogP contribution in [0.1, 0.15) is 13.8 Å². The second-order valence-electron chi connectivity index (χ2n) is 2.17. The fourth-order valence-electron chi connectivity index (χ4n) is 0. The molecule has 0 fully saturated rings. The van der Waals surface area contributed by atoms with Crippen LogP contribution in [-0.2, 0) is 9.59 Å². The van der Waals surface area contributed by atoms with Crippen molar-refractivity contribution in [3.8, 4) is 0 Å². The summed E-state index contributed by atoms with van der Waals surface area (Å²) in [5.74, 6) is -1.87. The molecule has 0 aliphatic rings. The van der Waals surface area contributed by atoms with Gasteiger partial charge >= 0.3 is 11.9 Å². The van der Waals surface area contributed by atoms with Crippen LogP contribution in [0.5, 0.6) is 0 Å². The molecule has 4 nitrogen and oxygen atoms in total. The van der Waals surface area contributed by atoms with Gasteiger partial charge in [-0.15, -0.1) is 0 Å². The van der Waals surface area contributed by atoms with Gasteiger partial charge in [-0.05, 0) is 13.8 Å². The van der Waals surface area contributed by atoms with Gasteiger partial charge in [0.2, 0.25) is 0 Å². The maximum atomic E-state index is 9.60. The van der Waals surface area contributed by atoms with Crippen LogP contribution in [0.3, 0.4) is 0 Å².